The zero-order valence-electron chi connectivity index (χ0n) is 11.5. The quantitative estimate of drug-likeness (QED) is 0.743. The highest BCUT2D eigenvalue weighted by Gasteiger charge is 2.14. The van der Waals surface area contributed by atoms with Gasteiger partial charge in [0, 0.05) is 6.04 Å². The lowest BCUT2D eigenvalue weighted by Crippen LogP contribution is -2.33. The van der Waals surface area contributed by atoms with Gasteiger partial charge in [-0.15, -0.1) is 0 Å². The van der Waals surface area contributed by atoms with Crippen LogP contribution in [-0.2, 0) is 0 Å². The van der Waals surface area contributed by atoms with Crippen LogP contribution in [0.25, 0.3) is 0 Å². The Hall–Kier alpha value is -1.45. The van der Waals surface area contributed by atoms with Crippen LogP contribution in [0.15, 0.2) is 18.2 Å². The predicted molar refractivity (Wildman–Crippen MR) is 72.0 cm³/mol. The lowest BCUT2D eigenvalue weighted by atomic mass is 10.1. The Morgan fingerprint density at radius 2 is 2.00 bits per heavy atom. The molecule has 0 spiro atoms. The van der Waals surface area contributed by atoms with Crippen molar-refractivity contribution < 1.29 is 13.6 Å². The molecule has 4 heteroatoms. The molecule has 0 saturated heterocycles. The van der Waals surface area contributed by atoms with E-state index in [4.69, 9.17) is 0 Å². The minimum atomic E-state index is -0.697. The molecule has 1 atom stereocenters. The van der Waals surface area contributed by atoms with Crippen molar-refractivity contribution in [3.8, 4) is 0 Å². The highest BCUT2D eigenvalue weighted by Crippen LogP contribution is 2.11. The van der Waals surface area contributed by atoms with Crippen molar-refractivity contribution >= 4 is 5.91 Å². The smallest absolute Gasteiger partial charge is 0.254 e. The van der Waals surface area contributed by atoms with Crippen LogP contribution < -0.4 is 5.32 Å². The number of hydrogen-bond donors (Lipinski definition) is 1. The Balaban J connectivity index is 2.47. The number of carbonyl (C=O) groups is 1. The fourth-order valence-corrected chi connectivity index (χ4v) is 1.92. The third kappa shape index (κ3) is 5.37. The zero-order chi connectivity index (χ0) is 14.3. The third-order valence-corrected chi connectivity index (χ3v) is 3.04. The molecule has 0 aliphatic rings. The Morgan fingerprint density at radius 1 is 1.26 bits per heavy atom. The van der Waals surface area contributed by atoms with E-state index in [0.717, 1.165) is 43.9 Å². The van der Waals surface area contributed by atoms with E-state index in [1.54, 1.807) is 0 Å². The van der Waals surface area contributed by atoms with Crippen LogP contribution in [0.4, 0.5) is 8.78 Å². The van der Waals surface area contributed by atoms with Gasteiger partial charge in [-0.25, -0.2) is 8.78 Å². The minimum absolute atomic E-state index is 0.0352. The maximum absolute atomic E-state index is 13.4. The minimum Gasteiger partial charge on any atom is -0.349 e. The maximum Gasteiger partial charge on any atom is 0.254 e. The van der Waals surface area contributed by atoms with Crippen LogP contribution in [0.2, 0.25) is 0 Å². The van der Waals surface area contributed by atoms with E-state index in [9.17, 15) is 13.6 Å². The molecule has 1 rings (SSSR count). The van der Waals surface area contributed by atoms with Gasteiger partial charge >= 0.3 is 0 Å². The fourth-order valence-electron chi connectivity index (χ4n) is 1.92. The molecule has 0 saturated carbocycles. The molecule has 1 N–H and O–H groups in total. The van der Waals surface area contributed by atoms with Gasteiger partial charge in [-0.1, -0.05) is 32.6 Å². The van der Waals surface area contributed by atoms with Gasteiger partial charge in [-0.2, -0.15) is 0 Å². The Bertz CT molecular complexity index is 421. The van der Waals surface area contributed by atoms with Gasteiger partial charge in [-0.05, 0) is 31.5 Å². The van der Waals surface area contributed by atoms with Crippen molar-refractivity contribution in [3.05, 3.63) is 35.4 Å². The van der Waals surface area contributed by atoms with Gasteiger partial charge in [0.2, 0.25) is 0 Å². The van der Waals surface area contributed by atoms with Gasteiger partial charge < -0.3 is 5.32 Å². The fraction of sp³-hybridized carbons (Fsp3) is 0.533. The summed E-state index contributed by atoms with van der Waals surface area (Å²) >= 11 is 0. The van der Waals surface area contributed by atoms with Crippen molar-refractivity contribution in [1.29, 1.82) is 0 Å². The molecular formula is C15H21F2NO. The standard InChI is InChI=1S/C15H21F2NO/c1-3-4-5-6-7-11(2)18-15(19)13-10-12(16)8-9-14(13)17/h8-11H,3-7H2,1-2H3,(H,18,19). The second-order valence-electron chi connectivity index (χ2n) is 4.85. The van der Waals surface area contributed by atoms with Gasteiger partial charge in [0.25, 0.3) is 5.91 Å². The van der Waals surface area contributed by atoms with Gasteiger partial charge in [0.15, 0.2) is 0 Å². The number of benzene rings is 1. The molecule has 0 aliphatic heterocycles. The summed E-state index contributed by atoms with van der Waals surface area (Å²) in [4.78, 5) is 11.8. The summed E-state index contributed by atoms with van der Waals surface area (Å²) in [6, 6.07) is 2.86. The Kier molecular flexibility index (Phi) is 6.46. The number of unbranched alkanes of at least 4 members (excludes halogenated alkanes) is 3. The summed E-state index contributed by atoms with van der Waals surface area (Å²) in [6.45, 7) is 4.01. The predicted octanol–water partition coefficient (Wildman–Crippen LogP) is 4.05. The molecule has 1 unspecified atom stereocenters. The van der Waals surface area contributed by atoms with Crippen LogP contribution in [0, 0.1) is 11.6 Å². The number of carbonyl (C=O) groups excluding carboxylic acids is 1. The van der Waals surface area contributed by atoms with Crippen LogP contribution in [0.3, 0.4) is 0 Å². The van der Waals surface area contributed by atoms with E-state index in [1.807, 2.05) is 6.92 Å². The third-order valence-electron chi connectivity index (χ3n) is 3.04. The molecule has 0 fully saturated rings. The summed E-state index contributed by atoms with van der Waals surface area (Å²) in [5.41, 5.74) is -0.236. The highest BCUT2D eigenvalue weighted by atomic mass is 19.1. The molecule has 1 aromatic carbocycles. The normalized spacial score (nSPS) is 12.2. The van der Waals surface area contributed by atoms with E-state index in [0.29, 0.717) is 0 Å². The van der Waals surface area contributed by atoms with E-state index < -0.39 is 17.5 Å². The molecule has 0 bridgehead atoms. The number of halogens is 2. The van der Waals surface area contributed by atoms with Crippen LogP contribution in [0.5, 0.6) is 0 Å². The number of hydrogen-bond acceptors (Lipinski definition) is 1. The van der Waals surface area contributed by atoms with Crippen LogP contribution in [0.1, 0.15) is 56.3 Å². The van der Waals surface area contributed by atoms with Crippen molar-refractivity contribution in [3.63, 3.8) is 0 Å². The van der Waals surface area contributed by atoms with E-state index in [-0.39, 0.29) is 11.6 Å². The monoisotopic (exact) mass is 269 g/mol. The molecule has 2 nitrogen and oxygen atoms in total. The second-order valence-corrected chi connectivity index (χ2v) is 4.85. The van der Waals surface area contributed by atoms with Crippen molar-refractivity contribution in [2.24, 2.45) is 0 Å². The zero-order valence-corrected chi connectivity index (χ0v) is 11.5. The first-order chi connectivity index (χ1) is 9.04. The van der Waals surface area contributed by atoms with E-state index in [1.165, 1.54) is 6.42 Å². The van der Waals surface area contributed by atoms with Crippen molar-refractivity contribution in [2.45, 2.75) is 52.0 Å². The summed E-state index contributed by atoms with van der Waals surface area (Å²) < 4.78 is 26.4. The molecular weight excluding hydrogens is 248 g/mol. The van der Waals surface area contributed by atoms with Crippen molar-refractivity contribution in [2.75, 3.05) is 0 Å². The Labute approximate surface area is 113 Å². The van der Waals surface area contributed by atoms with Gasteiger partial charge in [0.1, 0.15) is 11.6 Å². The van der Waals surface area contributed by atoms with E-state index >= 15 is 0 Å². The number of rotatable bonds is 7. The van der Waals surface area contributed by atoms with Gasteiger partial charge in [0.05, 0.1) is 5.56 Å². The SMILES string of the molecule is CCCCCCC(C)NC(=O)c1cc(F)ccc1F. The molecule has 106 valence electrons. The molecule has 1 aromatic rings. The maximum atomic E-state index is 13.4. The number of nitrogens with one attached hydrogen (secondary N) is 1. The summed E-state index contributed by atoms with van der Waals surface area (Å²) in [5.74, 6) is -1.86. The molecule has 0 radical (unpaired) electrons. The second kappa shape index (κ2) is 7.87. The van der Waals surface area contributed by atoms with Crippen molar-refractivity contribution in [1.82, 2.24) is 5.32 Å². The average molecular weight is 269 g/mol. The largest absolute Gasteiger partial charge is 0.349 e. The highest BCUT2D eigenvalue weighted by molar-refractivity contribution is 5.94. The molecule has 0 aliphatic carbocycles. The Morgan fingerprint density at radius 3 is 2.68 bits per heavy atom. The molecule has 19 heavy (non-hydrogen) atoms. The summed E-state index contributed by atoms with van der Waals surface area (Å²) in [7, 11) is 0. The van der Waals surface area contributed by atoms with E-state index in [2.05, 4.69) is 12.2 Å². The summed E-state index contributed by atoms with van der Waals surface area (Å²) in [6.07, 6.45) is 5.35. The summed E-state index contributed by atoms with van der Waals surface area (Å²) in [5, 5.41) is 2.70. The first-order valence-electron chi connectivity index (χ1n) is 6.80. The molecule has 0 heterocycles. The van der Waals surface area contributed by atoms with Crippen LogP contribution >= 0.6 is 0 Å². The lowest BCUT2D eigenvalue weighted by Gasteiger charge is -2.14. The average Bonchev–Trinajstić information content (AvgIpc) is 2.37. The van der Waals surface area contributed by atoms with Crippen LogP contribution in [-0.4, -0.2) is 11.9 Å². The first kappa shape index (κ1) is 15.6. The topological polar surface area (TPSA) is 29.1 Å². The van der Waals surface area contributed by atoms with Gasteiger partial charge in [-0.3, -0.25) is 4.79 Å². The molecule has 1 amide bonds. The first-order valence-corrected chi connectivity index (χ1v) is 6.80. The molecule has 0 aromatic heterocycles. The lowest BCUT2D eigenvalue weighted by molar-refractivity contribution is 0.0933. The number of amides is 1.